The monoisotopic (exact) mass is 229 g/mol. The minimum Gasteiger partial charge on any atom is -0.497 e. The van der Waals surface area contributed by atoms with Crippen LogP contribution >= 0.6 is 0 Å². The highest BCUT2D eigenvalue weighted by molar-refractivity contribution is 7.86. The number of hydrogen-bond acceptors (Lipinski definition) is 4. The Hall–Kier alpha value is -1.76. The van der Waals surface area contributed by atoms with E-state index in [0.29, 0.717) is 0 Å². The summed E-state index contributed by atoms with van der Waals surface area (Å²) in [5.41, 5.74) is 8.01. The van der Waals surface area contributed by atoms with Crippen molar-refractivity contribution < 1.29 is 17.7 Å². The van der Waals surface area contributed by atoms with Gasteiger partial charge in [0.05, 0.1) is 12.8 Å². The van der Waals surface area contributed by atoms with Crippen LogP contribution in [0.15, 0.2) is 28.2 Å². The molecule has 0 aliphatic carbocycles. The fourth-order valence-corrected chi connectivity index (χ4v) is 1.60. The third-order valence-corrected chi connectivity index (χ3v) is 2.48. The molecule has 80 valence electrons. The van der Waals surface area contributed by atoms with Crippen molar-refractivity contribution in [3.05, 3.63) is 28.6 Å². The van der Waals surface area contributed by atoms with E-state index in [0.717, 1.165) is 6.07 Å². The first kappa shape index (κ1) is 11.3. The Kier molecular flexibility index (Phi) is 3.15. The standard InChI is InChI=1S/C7H7N3O4S/c1-14-5-2-3-6(9-10-8)7(4-5)15(11,12)13/h2-4H,1H3,(H,11,12,13). The molecule has 1 rings (SSSR count). The van der Waals surface area contributed by atoms with Crippen LogP contribution in [0.2, 0.25) is 0 Å². The van der Waals surface area contributed by atoms with E-state index < -0.39 is 15.0 Å². The summed E-state index contributed by atoms with van der Waals surface area (Å²) in [6.07, 6.45) is 0. The molecule has 0 bridgehead atoms. The first-order valence-corrected chi connectivity index (χ1v) is 5.13. The molecule has 0 saturated heterocycles. The van der Waals surface area contributed by atoms with Gasteiger partial charge in [0.2, 0.25) is 0 Å². The lowest BCUT2D eigenvalue weighted by Crippen LogP contribution is -1.98. The van der Waals surface area contributed by atoms with E-state index in [4.69, 9.17) is 14.8 Å². The van der Waals surface area contributed by atoms with Crippen molar-refractivity contribution in [3.63, 3.8) is 0 Å². The van der Waals surface area contributed by atoms with Crippen LogP contribution < -0.4 is 4.74 Å². The number of benzene rings is 1. The van der Waals surface area contributed by atoms with Gasteiger partial charge in [-0.15, -0.1) is 0 Å². The lowest BCUT2D eigenvalue weighted by molar-refractivity contribution is 0.412. The van der Waals surface area contributed by atoms with Crippen LogP contribution in [0.25, 0.3) is 10.4 Å². The molecule has 0 radical (unpaired) electrons. The maximum Gasteiger partial charge on any atom is 0.295 e. The highest BCUT2D eigenvalue weighted by Gasteiger charge is 2.15. The van der Waals surface area contributed by atoms with Gasteiger partial charge in [-0.3, -0.25) is 4.55 Å². The molecular formula is C7H7N3O4S. The predicted octanol–water partition coefficient (Wildman–Crippen LogP) is 1.88. The molecule has 8 heteroatoms. The molecule has 0 aromatic heterocycles. The van der Waals surface area contributed by atoms with Gasteiger partial charge >= 0.3 is 0 Å². The average molecular weight is 229 g/mol. The number of nitrogens with zero attached hydrogens (tertiary/aromatic N) is 3. The SMILES string of the molecule is COc1ccc(N=[N+]=[N-])c(S(=O)(=O)O)c1. The predicted molar refractivity (Wildman–Crippen MR) is 51.6 cm³/mol. The minimum atomic E-state index is -4.43. The van der Waals surface area contributed by atoms with Gasteiger partial charge in [0.25, 0.3) is 10.1 Å². The third kappa shape index (κ3) is 2.59. The molecule has 1 aromatic rings. The van der Waals surface area contributed by atoms with E-state index in [1.165, 1.54) is 19.2 Å². The smallest absolute Gasteiger partial charge is 0.295 e. The summed E-state index contributed by atoms with van der Waals surface area (Å²) in [6.45, 7) is 0. The first-order chi connectivity index (χ1) is 6.99. The lowest BCUT2D eigenvalue weighted by Gasteiger charge is -2.04. The van der Waals surface area contributed by atoms with Crippen LogP contribution in [-0.4, -0.2) is 20.1 Å². The molecule has 1 N–H and O–H groups in total. The summed E-state index contributed by atoms with van der Waals surface area (Å²) in [6, 6.07) is 3.72. The zero-order chi connectivity index (χ0) is 11.5. The second-order valence-electron chi connectivity index (χ2n) is 2.50. The molecule has 0 heterocycles. The summed E-state index contributed by atoms with van der Waals surface area (Å²) < 4.78 is 35.4. The normalized spacial score (nSPS) is 10.5. The molecule has 0 aliphatic heterocycles. The maximum absolute atomic E-state index is 10.9. The number of ether oxygens (including phenoxy) is 1. The zero-order valence-electron chi connectivity index (χ0n) is 7.65. The molecule has 0 saturated carbocycles. The van der Waals surface area contributed by atoms with Gasteiger partial charge in [-0.1, -0.05) is 5.11 Å². The Balaban J connectivity index is 3.49. The van der Waals surface area contributed by atoms with Crippen molar-refractivity contribution in [2.24, 2.45) is 5.11 Å². The van der Waals surface area contributed by atoms with Gasteiger partial charge in [-0.2, -0.15) is 8.42 Å². The molecule has 0 spiro atoms. The Labute approximate surface area is 85.7 Å². The second-order valence-corrected chi connectivity index (χ2v) is 3.89. The topological polar surface area (TPSA) is 112 Å². The summed E-state index contributed by atoms with van der Waals surface area (Å²) in [5.74, 6) is 0.236. The van der Waals surface area contributed by atoms with Gasteiger partial charge in [0, 0.05) is 11.0 Å². The molecule has 7 nitrogen and oxygen atoms in total. The summed E-state index contributed by atoms with van der Waals surface area (Å²) in [7, 11) is -3.09. The highest BCUT2D eigenvalue weighted by atomic mass is 32.2. The maximum atomic E-state index is 10.9. The molecule has 0 fully saturated rings. The van der Waals surface area contributed by atoms with Crippen LogP contribution in [0.3, 0.4) is 0 Å². The van der Waals surface area contributed by atoms with E-state index in [-0.39, 0.29) is 11.4 Å². The van der Waals surface area contributed by atoms with Crippen molar-refractivity contribution in [3.8, 4) is 5.75 Å². The molecule has 0 unspecified atom stereocenters. The summed E-state index contributed by atoms with van der Waals surface area (Å²) in [5, 5.41) is 3.13. The highest BCUT2D eigenvalue weighted by Crippen LogP contribution is 2.28. The number of hydrogen-bond donors (Lipinski definition) is 1. The van der Waals surface area contributed by atoms with E-state index in [2.05, 4.69) is 10.0 Å². The van der Waals surface area contributed by atoms with Crippen LogP contribution in [-0.2, 0) is 10.1 Å². The molecular weight excluding hydrogens is 222 g/mol. The molecule has 1 aromatic carbocycles. The van der Waals surface area contributed by atoms with Crippen LogP contribution in [0, 0.1) is 0 Å². The van der Waals surface area contributed by atoms with Gasteiger partial charge in [-0.05, 0) is 17.7 Å². The molecule has 15 heavy (non-hydrogen) atoms. The average Bonchev–Trinajstić information content (AvgIpc) is 2.17. The summed E-state index contributed by atoms with van der Waals surface area (Å²) in [4.78, 5) is 1.96. The van der Waals surface area contributed by atoms with E-state index >= 15 is 0 Å². The van der Waals surface area contributed by atoms with Crippen molar-refractivity contribution in [1.29, 1.82) is 0 Å². The molecule has 0 amide bonds. The largest absolute Gasteiger partial charge is 0.497 e. The van der Waals surface area contributed by atoms with Gasteiger partial charge in [-0.25, -0.2) is 0 Å². The fraction of sp³-hybridized carbons (Fsp3) is 0.143. The number of azide groups is 1. The van der Waals surface area contributed by atoms with Gasteiger partial charge in [0.15, 0.2) is 0 Å². The van der Waals surface area contributed by atoms with E-state index in [1.54, 1.807) is 0 Å². The van der Waals surface area contributed by atoms with Crippen molar-refractivity contribution in [2.45, 2.75) is 4.90 Å². The lowest BCUT2D eigenvalue weighted by atomic mass is 10.3. The van der Waals surface area contributed by atoms with E-state index in [1.807, 2.05) is 0 Å². The molecule has 0 aliphatic rings. The van der Waals surface area contributed by atoms with E-state index in [9.17, 15) is 8.42 Å². The Morgan fingerprint density at radius 3 is 2.67 bits per heavy atom. The van der Waals surface area contributed by atoms with Gasteiger partial charge < -0.3 is 4.74 Å². The minimum absolute atomic E-state index is 0.180. The quantitative estimate of drug-likeness (QED) is 0.369. The Bertz CT molecular complexity index is 519. The van der Waals surface area contributed by atoms with Crippen molar-refractivity contribution in [2.75, 3.05) is 7.11 Å². The van der Waals surface area contributed by atoms with Gasteiger partial charge in [0.1, 0.15) is 10.6 Å². The second kappa shape index (κ2) is 4.18. The number of methoxy groups -OCH3 is 1. The van der Waals surface area contributed by atoms with Crippen LogP contribution in [0.5, 0.6) is 5.75 Å². The Morgan fingerprint density at radius 1 is 1.53 bits per heavy atom. The first-order valence-electron chi connectivity index (χ1n) is 3.69. The zero-order valence-corrected chi connectivity index (χ0v) is 8.47. The Morgan fingerprint density at radius 2 is 2.20 bits per heavy atom. The fourth-order valence-electron chi connectivity index (χ4n) is 0.959. The van der Waals surface area contributed by atoms with Crippen molar-refractivity contribution in [1.82, 2.24) is 0 Å². The third-order valence-electron chi connectivity index (χ3n) is 1.60. The van der Waals surface area contributed by atoms with Crippen molar-refractivity contribution >= 4 is 15.8 Å². The number of rotatable bonds is 3. The molecule has 0 atom stereocenters. The summed E-state index contributed by atoms with van der Waals surface area (Å²) >= 11 is 0. The van der Waals surface area contributed by atoms with Crippen LogP contribution in [0.1, 0.15) is 0 Å². The van der Waals surface area contributed by atoms with Crippen LogP contribution in [0.4, 0.5) is 5.69 Å².